The van der Waals surface area contributed by atoms with E-state index in [-0.39, 0.29) is 17.9 Å². The zero-order valence-corrected chi connectivity index (χ0v) is 16.6. The monoisotopic (exact) mass is 401 g/mol. The number of halogens is 2. The molecule has 1 saturated heterocycles. The van der Waals surface area contributed by atoms with E-state index in [2.05, 4.69) is 5.32 Å². The van der Waals surface area contributed by atoms with Gasteiger partial charge < -0.3 is 15.1 Å². The largest absolute Gasteiger partial charge is 0.339 e. The second-order valence-corrected chi connectivity index (χ2v) is 7.38. The van der Waals surface area contributed by atoms with Crippen molar-refractivity contribution < 1.29 is 18.4 Å². The van der Waals surface area contributed by atoms with Crippen molar-refractivity contribution in [3.8, 4) is 0 Å². The third kappa shape index (κ3) is 4.91. The van der Waals surface area contributed by atoms with E-state index >= 15 is 0 Å². The van der Waals surface area contributed by atoms with Crippen molar-refractivity contribution in [2.24, 2.45) is 5.92 Å². The highest BCUT2D eigenvalue weighted by atomic mass is 19.2. The zero-order chi connectivity index (χ0) is 21.0. The van der Waals surface area contributed by atoms with E-state index in [0.29, 0.717) is 30.8 Å². The third-order valence-electron chi connectivity index (χ3n) is 5.44. The second kappa shape index (κ2) is 9.03. The van der Waals surface area contributed by atoms with Gasteiger partial charge in [0, 0.05) is 25.8 Å². The SMILES string of the molecule is CC(c1ccc(F)c(F)c1)N(C)C(=O)C1CCCN(C(=O)Nc2ccccc2)C1. The molecule has 2 aromatic carbocycles. The average molecular weight is 401 g/mol. The normalized spacial score (nSPS) is 17.5. The number of nitrogens with one attached hydrogen (secondary N) is 1. The van der Waals surface area contributed by atoms with E-state index in [1.807, 2.05) is 30.3 Å². The van der Waals surface area contributed by atoms with Gasteiger partial charge in [0.1, 0.15) is 0 Å². The summed E-state index contributed by atoms with van der Waals surface area (Å²) in [6.45, 7) is 2.69. The van der Waals surface area contributed by atoms with E-state index in [1.165, 1.54) is 11.0 Å². The lowest BCUT2D eigenvalue weighted by atomic mass is 9.95. The van der Waals surface area contributed by atoms with Crippen LogP contribution in [0.25, 0.3) is 0 Å². The number of benzene rings is 2. The van der Waals surface area contributed by atoms with Crippen LogP contribution in [0.1, 0.15) is 31.4 Å². The van der Waals surface area contributed by atoms with Gasteiger partial charge in [-0.25, -0.2) is 13.6 Å². The Hall–Kier alpha value is -2.96. The molecule has 1 fully saturated rings. The van der Waals surface area contributed by atoms with Crippen molar-refractivity contribution >= 4 is 17.6 Å². The van der Waals surface area contributed by atoms with Gasteiger partial charge in [-0.2, -0.15) is 0 Å². The first kappa shape index (κ1) is 20.8. The van der Waals surface area contributed by atoms with E-state index in [0.717, 1.165) is 18.6 Å². The molecular formula is C22H25F2N3O2. The maximum absolute atomic E-state index is 13.5. The van der Waals surface area contributed by atoms with Gasteiger partial charge in [-0.3, -0.25) is 4.79 Å². The molecule has 1 aliphatic rings. The van der Waals surface area contributed by atoms with E-state index in [9.17, 15) is 18.4 Å². The van der Waals surface area contributed by atoms with Crippen molar-refractivity contribution in [3.63, 3.8) is 0 Å². The Bertz CT molecular complexity index is 876. The fraction of sp³-hybridized carbons (Fsp3) is 0.364. The molecule has 29 heavy (non-hydrogen) atoms. The number of likely N-dealkylation sites (tertiary alicyclic amines) is 1. The number of nitrogens with zero attached hydrogens (tertiary/aromatic N) is 2. The average Bonchev–Trinajstić information content (AvgIpc) is 2.75. The molecule has 1 aliphatic heterocycles. The third-order valence-corrected chi connectivity index (χ3v) is 5.44. The Morgan fingerprint density at radius 1 is 1.14 bits per heavy atom. The van der Waals surface area contributed by atoms with Gasteiger partial charge in [-0.1, -0.05) is 24.3 Å². The summed E-state index contributed by atoms with van der Waals surface area (Å²) in [5, 5.41) is 2.85. The Morgan fingerprint density at radius 3 is 2.55 bits per heavy atom. The number of rotatable bonds is 4. The summed E-state index contributed by atoms with van der Waals surface area (Å²) in [6.07, 6.45) is 1.41. The summed E-state index contributed by atoms with van der Waals surface area (Å²) in [4.78, 5) is 28.7. The molecule has 2 aromatic rings. The predicted octanol–water partition coefficient (Wildman–Crippen LogP) is 4.43. The lowest BCUT2D eigenvalue weighted by Gasteiger charge is -2.35. The van der Waals surface area contributed by atoms with Crippen molar-refractivity contribution in [1.82, 2.24) is 9.80 Å². The van der Waals surface area contributed by atoms with Crippen LogP contribution < -0.4 is 5.32 Å². The topological polar surface area (TPSA) is 52.7 Å². The molecule has 0 aromatic heterocycles. The number of urea groups is 1. The minimum Gasteiger partial charge on any atom is -0.339 e. The van der Waals surface area contributed by atoms with Gasteiger partial charge in [0.15, 0.2) is 11.6 Å². The van der Waals surface area contributed by atoms with Gasteiger partial charge in [0.05, 0.1) is 12.0 Å². The number of carbonyl (C=O) groups excluding carboxylic acids is 2. The number of amides is 3. The number of para-hydroxylation sites is 1. The summed E-state index contributed by atoms with van der Waals surface area (Å²) in [5.74, 6) is -2.29. The second-order valence-electron chi connectivity index (χ2n) is 7.38. The molecule has 7 heteroatoms. The van der Waals surface area contributed by atoms with Crippen molar-refractivity contribution in [2.45, 2.75) is 25.8 Å². The molecule has 0 saturated carbocycles. The van der Waals surface area contributed by atoms with Crippen LogP contribution >= 0.6 is 0 Å². The molecule has 0 bridgehead atoms. The van der Waals surface area contributed by atoms with Crippen molar-refractivity contribution in [1.29, 1.82) is 0 Å². The molecule has 3 amide bonds. The van der Waals surface area contributed by atoms with E-state index < -0.39 is 17.7 Å². The summed E-state index contributed by atoms with van der Waals surface area (Å²) >= 11 is 0. The van der Waals surface area contributed by atoms with Gasteiger partial charge >= 0.3 is 6.03 Å². The zero-order valence-electron chi connectivity index (χ0n) is 16.6. The Balaban J connectivity index is 1.63. The molecule has 1 N–H and O–H groups in total. The summed E-state index contributed by atoms with van der Waals surface area (Å²) in [6, 6.07) is 12.2. The lowest BCUT2D eigenvalue weighted by molar-refractivity contribution is -0.137. The van der Waals surface area contributed by atoms with Gasteiger partial charge in [-0.15, -0.1) is 0 Å². The Morgan fingerprint density at radius 2 is 1.86 bits per heavy atom. The minimum atomic E-state index is -0.934. The number of hydrogen-bond acceptors (Lipinski definition) is 2. The number of anilines is 1. The fourth-order valence-electron chi connectivity index (χ4n) is 3.56. The van der Waals surface area contributed by atoms with Crippen LogP contribution in [0.2, 0.25) is 0 Å². The van der Waals surface area contributed by atoms with Crippen LogP contribution in [-0.2, 0) is 4.79 Å². The smallest absolute Gasteiger partial charge is 0.321 e. The maximum atomic E-state index is 13.5. The fourth-order valence-corrected chi connectivity index (χ4v) is 3.56. The summed E-state index contributed by atoms with van der Waals surface area (Å²) in [5.41, 5.74) is 1.23. The molecule has 2 atom stereocenters. The molecule has 2 unspecified atom stereocenters. The molecule has 0 aliphatic carbocycles. The van der Waals surface area contributed by atoms with Crippen LogP contribution in [0.3, 0.4) is 0 Å². The minimum absolute atomic E-state index is 0.112. The van der Waals surface area contributed by atoms with E-state index in [1.54, 1.807) is 18.9 Å². The first-order chi connectivity index (χ1) is 13.9. The Kier molecular flexibility index (Phi) is 6.46. The van der Waals surface area contributed by atoms with Crippen LogP contribution in [-0.4, -0.2) is 41.9 Å². The highest BCUT2D eigenvalue weighted by molar-refractivity contribution is 5.90. The first-order valence-corrected chi connectivity index (χ1v) is 9.69. The van der Waals surface area contributed by atoms with Crippen LogP contribution in [0.5, 0.6) is 0 Å². The molecule has 3 rings (SSSR count). The molecule has 154 valence electrons. The number of piperidine rings is 1. The summed E-state index contributed by atoms with van der Waals surface area (Å²) < 4.78 is 26.7. The summed E-state index contributed by atoms with van der Waals surface area (Å²) in [7, 11) is 1.65. The van der Waals surface area contributed by atoms with Crippen LogP contribution in [0.15, 0.2) is 48.5 Å². The number of carbonyl (C=O) groups is 2. The van der Waals surface area contributed by atoms with Gasteiger partial charge in [-0.05, 0) is 49.6 Å². The van der Waals surface area contributed by atoms with Gasteiger partial charge in [0.2, 0.25) is 5.91 Å². The first-order valence-electron chi connectivity index (χ1n) is 9.69. The standard InChI is InChI=1S/C22H25F2N3O2/c1-15(16-10-11-19(23)20(24)13-16)26(2)21(28)17-7-6-12-27(14-17)22(29)25-18-8-4-3-5-9-18/h3-5,8-11,13,15,17H,6-7,12,14H2,1-2H3,(H,25,29). The molecule has 0 spiro atoms. The highest BCUT2D eigenvalue weighted by Gasteiger charge is 2.32. The molecule has 5 nitrogen and oxygen atoms in total. The highest BCUT2D eigenvalue weighted by Crippen LogP contribution is 2.26. The van der Waals surface area contributed by atoms with Crippen molar-refractivity contribution in [2.75, 3.05) is 25.5 Å². The van der Waals surface area contributed by atoms with Gasteiger partial charge in [0.25, 0.3) is 0 Å². The predicted molar refractivity (Wildman–Crippen MR) is 107 cm³/mol. The molecule has 0 radical (unpaired) electrons. The molecular weight excluding hydrogens is 376 g/mol. The van der Waals surface area contributed by atoms with Crippen molar-refractivity contribution in [3.05, 3.63) is 65.7 Å². The van der Waals surface area contributed by atoms with E-state index in [4.69, 9.17) is 0 Å². The lowest BCUT2D eigenvalue weighted by Crippen LogP contribution is -2.47. The van der Waals surface area contributed by atoms with Crippen LogP contribution in [0.4, 0.5) is 19.3 Å². The van der Waals surface area contributed by atoms with Crippen LogP contribution in [0, 0.1) is 17.6 Å². The maximum Gasteiger partial charge on any atom is 0.321 e. The number of hydrogen-bond donors (Lipinski definition) is 1. The quantitative estimate of drug-likeness (QED) is 0.824. The molecule has 1 heterocycles. The Labute approximate surface area is 169 Å².